The molecule has 1 aromatic heterocycles. The Morgan fingerprint density at radius 1 is 1.14 bits per heavy atom. The van der Waals surface area contributed by atoms with Crippen molar-refractivity contribution in [2.24, 2.45) is 0 Å². The van der Waals surface area contributed by atoms with Crippen molar-refractivity contribution < 1.29 is 0 Å². The van der Waals surface area contributed by atoms with Gasteiger partial charge in [0.1, 0.15) is 12.4 Å². The van der Waals surface area contributed by atoms with Gasteiger partial charge in [-0.3, -0.25) is 0 Å². The summed E-state index contributed by atoms with van der Waals surface area (Å²) in [6.45, 7) is 0. The van der Waals surface area contributed by atoms with E-state index >= 15 is 0 Å². The van der Waals surface area contributed by atoms with Crippen LogP contribution >= 0.6 is 15.9 Å². The quantitative estimate of drug-likeness (QED) is 0.727. The monoisotopic (exact) mass is 339 g/mol. The number of nitrogens with zero attached hydrogens (tertiary/aromatic N) is 4. The van der Waals surface area contributed by atoms with Crippen molar-refractivity contribution in [1.29, 1.82) is 5.26 Å². The molecular formula is C15H10BrN5. The SMILES string of the molecule is N#Cc1cc(Br)ccc1-n1cnc(-c2ccc(N)cc2)n1. The molecule has 21 heavy (non-hydrogen) atoms. The fourth-order valence-corrected chi connectivity index (χ4v) is 2.30. The van der Waals surface area contributed by atoms with Gasteiger partial charge >= 0.3 is 0 Å². The van der Waals surface area contributed by atoms with E-state index in [1.54, 1.807) is 29.2 Å². The van der Waals surface area contributed by atoms with Crippen LogP contribution in [0.1, 0.15) is 5.56 Å². The number of hydrogen-bond donors (Lipinski definition) is 1. The highest BCUT2D eigenvalue weighted by Gasteiger charge is 2.09. The number of anilines is 1. The summed E-state index contributed by atoms with van der Waals surface area (Å²) in [6, 6.07) is 14.9. The molecule has 1 heterocycles. The standard InChI is InChI=1S/C15H10BrN5/c16-12-3-6-14(11(7-12)8-17)21-9-19-15(20-21)10-1-4-13(18)5-2-10/h1-7,9H,18H2. The van der Waals surface area contributed by atoms with Crippen LogP contribution in [0.5, 0.6) is 0 Å². The Labute approximate surface area is 129 Å². The molecule has 0 saturated carbocycles. The van der Waals surface area contributed by atoms with Gasteiger partial charge in [0.05, 0.1) is 11.3 Å². The van der Waals surface area contributed by atoms with Gasteiger partial charge in [-0.15, -0.1) is 5.10 Å². The van der Waals surface area contributed by atoms with Crippen LogP contribution < -0.4 is 5.73 Å². The van der Waals surface area contributed by atoms with Crippen LogP contribution in [0.25, 0.3) is 17.1 Å². The molecule has 6 heteroatoms. The van der Waals surface area contributed by atoms with Crippen molar-refractivity contribution in [1.82, 2.24) is 14.8 Å². The molecule has 0 aliphatic carbocycles. The normalized spacial score (nSPS) is 10.3. The maximum absolute atomic E-state index is 9.21. The van der Waals surface area contributed by atoms with Gasteiger partial charge in [0.15, 0.2) is 5.82 Å². The summed E-state index contributed by atoms with van der Waals surface area (Å²) in [5.41, 5.74) is 8.45. The average Bonchev–Trinajstić information content (AvgIpc) is 2.97. The first-order valence-electron chi connectivity index (χ1n) is 6.15. The lowest BCUT2D eigenvalue weighted by molar-refractivity contribution is 0.878. The number of aromatic nitrogens is 3. The third-order valence-corrected chi connectivity index (χ3v) is 3.48. The Morgan fingerprint density at radius 2 is 1.90 bits per heavy atom. The topological polar surface area (TPSA) is 80.5 Å². The van der Waals surface area contributed by atoms with E-state index in [2.05, 4.69) is 32.1 Å². The number of hydrogen-bond acceptors (Lipinski definition) is 4. The second-order valence-electron chi connectivity index (χ2n) is 4.41. The molecule has 0 atom stereocenters. The molecule has 0 unspecified atom stereocenters. The number of halogens is 1. The minimum absolute atomic E-state index is 0.526. The van der Waals surface area contributed by atoms with E-state index in [1.165, 1.54) is 0 Å². The van der Waals surface area contributed by atoms with Crippen LogP contribution in [-0.2, 0) is 0 Å². The predicted octanol–water partition coefficient (Wildman–Crippen LogP) is 3.15. The zero-order valence-corrected chi connectivity index (χ0v) is 12.4. The lowest BCUT2D eigenvalue weighted by Crippen LogP contribution is -1.98. The highest BCUT2D eigenvalue weighted by atomic mass is 79.9. The van der Waals surface area contributed by atoms with Gasteiger partial charge in [-0.2, -0.15) is 5.26 Å². The fourth-order valence-electron chi connectivity index (χ4n) is 1.94. The molecule has 0 bridgehead atoms. The molecule has 0 aliphatic rings. The van der Waals surface area contributed by atoms with E-state index in [0.717, 1.165) is 10.0 Å². The molecule has 0 fully saturated rings. The molecule has 2 N–H and O–H groups in total. The molecule has 0 aliphatic heterocycles. The number of nitrogens with two attached hydrogens (primary N) is 1. The van der Waals surface area contributed by atoms with Crippen LogP contribution in [0.15, 0.2) is 53.3 Å². The van der Waals surface area contributed by atoms with Gasteiger partial charge in [0, 0.05) is 15.7 Å². The van der Waals surface area contributed by atoms with Crippen LogP contribution in [0.4, 0.5) is 5.69 Å². The summed E-state index contributed by atoms with van der Waals surface area (Å²) >= 11 is 3.35. The maximum atomic E-state index is 9.21. The van der Waals surface area contributed by atoms with E-state index < -0.39 is 0 Å². The third-order valence-electron chi connectivity index (χ3n) is 2.99. The van der Waals surface area contributed by atoms with Crippen molar-refractivity contribution in [3.8, 4) is 23.1 Å². The highest BCUT2D eigenvalue weighted by molar-refractivity contribution is 9.10. The van der Waals surface area contributed by atoms with E-state index in [-0.39, 0.29) is 0 Å². The van der Waals surface area contributed by atoms with Crippen LogP contribution in [-0.4, -0.2) is 14.8 Å². The largest absolute Gasteiger partial charge is 0.399 e. The van der Waals surface area contributed by atoms with Gasteiger partial charge in [-0.1, -0.05) is 15.9 Å². The van der Waals surface area contributed by atoms with Crippen LogP contribution in [0, 0.1) is 11.3 Å². The zero-order chi connectivity index (χ0) is 14.8. The fraction of sp³-hybridized carbons (Fsp3) is 0. The summed E-state index contributed by atoms with van der Waals surface area (Å²) in [4.78, 5) is 4.28. The summed E-state index contributed by atoms with van der Waals surface area (Å²) in [5, 5.41) is 13.6. The molecule has 0 spiro atoms. The van der Waals surface area contributed by atoms with Gasteiger partial charge in [0.25, 0.3) is 0 Å². The second kappa shape index (κ2) is 5.38. The van der Waals surface area contributed by atoms with Crippen molar-refractivity contribution in [3.63, 3.8) is 0 Å². The average molecular weight is 340 g/mol. The number of nitriles is 1. The molecule has 0 radical (unpaired) electrons. The van der Waals surface area contributed by atoms with Gasteiger partial charge in [-0.25, -0.2) is 9.67 Å². The summed E-state index contributed by atoms with van der Waals surface area (Å²) in [6.07, 6.45) is 1.59. The first-order valence-corrected chi connectivity index (χ1v) is 6.94. The summed E-state index contributed by atoms with van der Waals surface area (Å²) < 4.78 is 2.44. The van der Waals surface area contributed by atoms with Gasteiger partial charge in [-0.05, 0) is 42.5 Å². The molecule has 3 aromatic rings. The zero-order valence-electron chi connectivity index (χ0n) is 10.9. The highest BCUT2D eigenvalue weighted by Crippen LogP contribution is 2.21. The summed E-state index contributed by atoms with van der Waals surface area (Å²) in [7, 11) is 0. The Bertz CT molecular complexity index is 830. The van der Waals surface area contributed by atoms with Crippen molar-refractivity contribution in [2.75, 3.05) is 5.73 Å². The minimum atomic E-state index is 0.526. The van der Waals surface area contributed by atoms with Crippen molar-refractivity contribution in [2.45, 2.75) is 0 Å². The number of rotatable bonds is 2. The van der Waals surface area contributed by atoms with Gasteiger partial charge < -0.3 is 5.73 Å². The molecule has 102 valence electrons. The molecule has 0 saturated heterocycles. The molecular weight excluding hydrogens is 330 g/mol. The van der Waals surface area contributed by atoms with E-state index in [0.29, 0.717) is 22.8 Å². The van der Waals surface area contributed by atoms with Crippen molar-refractivity contribution in [3.05, 3.63) is 58.8 Å². The maximum Gasteiger partial charge on any atom is 0.181 e. The molecule has 5 nitrogen and oxygen atoms in total. The van der Waals surface area contributed by atoms with E-state index in [9.17, 15) is 5.26 Å². The van der Waals surface area contributed by atoms with E-state index in [1.807, 2.05) is 24.3 Å². The van der Waals surface area contributed by atoms with Crippen molar-refractivity contribution >= 4 is 21.6 Å². The lowest BCUT2D eigenvalue weighted by atomic mass is 10.2. The van der Waals surface area contributed by atoms with Crippen LogP contribution in [0.2, 0.25) is 0 Å². The second-order valence-corrected chi connectivity index (χ2v) is 5.32. The smallest absolute Gasteiger partial charge is 0.181 e. The molecule has 3 rings (SSSR count). The molecule has 0 amide bonds. The first-order chi connectivity index (χ1) is 10.2. The minimum Gasteiger partial charge on any atom is -0.399 e. The predicted molar refractivity (Wildman–Crippen MR) is 83.6 cm³/mol. The lowest BCUT2D eigenvalue weighted by Gasteiger charge is -2.03. The first kappa shape index (κ1) is 13.3. The van der Waals surface area contributed by atoms with Crippen LogP contribution in [0.3, 0.4) is 0 Å². The third kappa shape index (κ3) is 2.64. The Hall–Kier alpha value is -2.65. The Balaban J connectivity index is 2.03. The number of nitrogen functional groups attached to an aromatic ring is 1. The Morgan fingerprint density at radius 3 is 2.62 bits per heavy atom. The molecule has 2 aromatic carbocycles. The number of benzene rings is 2. The van der Waals surface area contributed by atoms with Gasteiger partial charge in [0.2, 0.25) is 0 Å². The summed E-state index contributed by atoms with van der Waals surface area (Å²) in [5.74, 6) is 0.585. The Kier molecular flexibility index (Phi) is 3.42. The van der Waals surface area contributed by atoms with E-state index in [4.69, 9.17) is 5.73 Å².